The zero-order valence-electron chi connectivity index (χ0n) is 9.84. The summed E-state index contributed by atoms with van der Waals surface area (Å²) < 4.78 is 4.92. The largest absolute Gasteiger partial charge is 0.500 e. The Morgan fingerprint density at radius 2 is 2.22 bits per heavy atom. The molecule has 1 N–H and O–H groups in total. The van der Waals surface area contributed by atoms with E-state index in [0.717, 1.165) is 6.42 Å². The van der Waals surface area contributed by atoms with E-state index in [1.807, 2.05) is 0 Å². The fourth-order valence-electron chi connectivity index (χ4n) is 2.16. The highest BCUT2D eigenvalue weighted by Gasteiger charge is 2.41. The molecule has 0 spiro atoms. The van der Waals surface area contributed by atoms with E-state index < -0.39 is 21.8 Å². The summed E-state index contributed by atoms with van der Waals surface area (Å²) in [6.45, 7) is 0. The van der Waals surface area contributed by atoms with Gasteiger partial charge in [-0.05, 0) is 30.9 Å². The molecule has 6 heteroatoms. The number of nitro benzene ring substituents is 1. The molecule has 0 atom stereocenters. The lowest BCUT2D eigenvalue weighted by Gasteiger charge is -2.35. The van der Waals surface area contributed by atoms with Crippen LogP contribution in [0, 0.1) is 21.4 Å². The molecule has 1 fully saturated rings. The second-order valence-electron chi connectivity index (χ2n) is 4.35. The van der Waals surface area contributed by atoms with E-state index in [9.17, 15) is 20.5 Å². The molecule has 18 heavy (non-hydrogen) atoms. The Bertz CT molecular complexity index is 544. The van der Waals surface area contributed by atoms with Crippen molar-refractivity contribution in [3.05, 3.63) is 27.8 Å². The third kappa shape index (κ3) is 1.64. The number of hydrogen-bond donors (Lipinski definition) is 1. The predicted octanol–water partition coefficient (Wildman–Crippen LogP) is 2.25. The Morgan fingerprint density at radius 1 is 1.56 bits per heavy atom. The number of ether oxygens (including phenoxy) is 1. The van der Waals surface area contributed by atoms with E-state index in [-0.39, 0.29) is 5.75 Å². The summed E-state index contributed by atoms with van der Waals surface area (Å²) in [5.41, 5.74) is -0.561. The van der Waals surface area contributed by atoms with Crippen LogP contribution in [0.25, 0.3) is 0 Å². The van der Waals surface area contributed by atoms with Crippen molar-refractivity contribution in [3.8, 4) is 17.6 Å². The van der Waals surface area contributed by atoms with Crippen LogP contribution in [0.2, 0.25) is 0 Å². The van der Waals surface area contributed by atoms with Crippen LogP contribution < -0.4 is 4.74 Å². The third-order valence-electron chi connectivity index (χ3n) is 3.45. The number of nitro groups is 1. The monoisotopic (exact) mass is 248 g/mol. The van der Waals surface area contributed by atoms with Gasteiger partial charge in [0.05, 0.1) is 23.5 Å². The highest BCUT2D eigenvalue weighted by Crippen LogP contribution is 2.47. The number of phenols is 1. The molecule has 0 bridgehead atoms. The number of phenolic OH excluding ortho intramolecular Hbond substituents is 1. The lowest BCUT2D eigenvalue weighted by Crippen LogP contribution is -2.32. The molecule has 0 saturated heterocycles. The molecular formula is C12H12N2O4. The predicted molar refractivity (Wildman–Crippen MR) is 62.5 cm³/mol. The lowest BCUT2D eigenvalue weighted by atomic mass is 9.65. The van der Waals surface area contributed by atoms with Crippen molar-refractivity contribution in [3.63, 3.8) is 0 Å². The van der Waals surface area contributed by atoms with E-state index >= 15 is 0 Å². The molecule has 1 saturated carbocycles. The van der Waals surface area contributed by atoms with Crippen molar-refractivity contribution in [1.82, 2.24) is 0 Å². The third-order valence-corrected chi connectivity index (χ3v) is 3.45. The summed E-state index contributed by atoms with van der Waals surface area (Å²) in [6.07, 6.45) is 2.27. The van der Waals surface area contributed by atoms with Gasteiger partial charge in [0, 0.05) is 6.07 Å². The maximum Gasteiger partial charge on any atom is 0.314 e. The van der Waals surface area contributed by atoms with Crippen LogP contribution in [0.3, 0.4) is 0 Å². The summed E-state index contributed by atoms with van der Waals surface area (Å²) >= 11 is 0. The molecule has 1 aliphatic rings. The van der Waals surface area contributed by atoms with Gasteiger partial charge in [0.15, 0.2) is 5.75 Å². The van der Waals surface area contributed by atoms with Crippen LogP contribution in [0.15, 0.2) is 12.1 Å². The molecule has 0 aromatic heterocycles. The second-order valence-corrected chi connectivity index (χ2v) is 4.35. The molecule has 94 valence electrons. The highest BCUT2D eigenvalue weighted by atomic mass is 16.6. The van der Waals surface area contributed by atoms with Gasteiger partial charge in [0.25, 0.3) is 0 Å². The first-order valence-electron chi connectivity index (χ1n) is 5.51. The van der Waals surface area contributed by atoms with Crippen LogP contribution in [-0.4, -0.2) is 17.1 Å². The fraction of sp³-hybridized carbons (Fsp3) is 0.417. The summed E-state index contributed by atoms with van der Waals surface area (Å²) in [7, 11) is 1.32. The molecule has 1 aliphatic carbocycles. The van der Waals surface area contributed by atoms with Crippen molar-refractivity contribution in [1.29, 1.82) is 5.26 Å². The number of hydrogen-bond acceptors (Lipinski definition) is 5. The van der Waals surface area contributed by atoms with Gasteiger partial charge in [0.2, 0.25) is 5.75 Å². The molecule has 1 aromatic carbocycles. The number of benzene rings is 1. The number of rotatable bonds is 3. The number of methoxy groups -OCH3 is 1. The summed E-state index contributed by atoms with van der Waals surface area (Å²) in [5, 5.41) is 29.8. The van der Waals surface area contributed by atoms with Crippen LogP contribution in [0.4, 0.5) is 5.69 Å². The van der Waals surface area contributed by atoms with E-state index in [1.165, 1.54) is 19.2 Å². The van der Waals surface area contributed by atoms with Gasteiger partial charge in [0.1, 0.15) is 0 Å². The fourth-order valence-corrected chi connectivity index (χ4v) is 2.16. The van der Waals surface area contributed by atoms with E-state index in [1.54, 1.807) is 0 Å². The molecule has 0 aliphatic heterocycles. The van der Waals surface area contributed by atoms with Gasteiger partial charge >= 0.3 is 5.69 Å². The van der Waals surface area contributed by atoms with Gasteiger partial charge in [-0.2, -0.15) is 5.26 Å². The van der Waals surface area contributed by atoms with Gasteiger partial charge in [-0.15, -0.1) is 0 Å². The minimum atomic E-state index is -0.676. The van der Waals surface area contributed by atoms with Crippen molar-refractivity contribution in [2.45, 2.75) is 24.7 Å². The molecule has 6 nitrogen and oxygen atoms in total. The average molecular weight is 248 g/mol. The number of nitrogens with zero attached hydrogens (tertiary/aromatic N) is 2. The topological polar surface area (TPSA) is 96.4 Å². The summed E-state index contributed by atoms with van der Waals surface area (Å²) in [5.74, 6) is -0.473. The number of aromatic hydroxyl groups is 1. The standard InChI is InChI=1S/C12H12N2O4/c1-18-10-6-8(12(7-13)3-2-4-12)5-9(11(10)15)14(16)17/h5-6,15H,2-4H2,1H3. The number of nitriles is 1. The van der Waals surface area contributed by atoms with Crippen molar-refractivity contribution < 1.29 is 14.8 Å². The van der Waals surface area contributed by atoms with Crippen molar-refractivity contribution >= 4 is 5.69 Å². The van der Waals surface area contributed by atoms with Crippen molar-refractivity contribution in [2.24, 2.45) is 0 Å². The lowest BCUT2D eigenvalue weighted by molar-refractivity contribution is -0.386. The Hall–Kier alpha value is -2.29. The minimum absolute atomic E-state index is 0.0284. The average Bonchev–Trinajstić information content (AvgIpc) is 2.29. The van der Waals surface area contributed by atoms with Gasteiger partial charge < -0.3 is 9.84 Å². The summed E-state index contributed by atoms with van der Waals surface area (Å²) in [4.78, 5) is 10.2. The van der Waals surface area contributed by atoms with Gasteiger partial charge in [-0.1, -0.05) is 0 Å². The first-order chi connectivity index (χ1) is 8.54. The maximum absolute atomic E-state index is 10.9. The van der Waals surface area contributed by atoms with Crippen LogP contribution in [-0.2, 0) is 5.41 Å². The Kier molecular flexibility index (Phi) is 2.83. The quantitative estimate of drug-likeness (QED) is 0.653. The van der Waals surface area contributed by atoms with Crippen LogP contribution >= 0.6 is 0 Å². The minimum Gasteiger partial charge on any atom is -0.500 e. The second kappa shape index (κ2) is 4.18. The Labute approximate surface area is 104 Å². The van der Waals surface area contributed by atoms with Crippen molar-refractivity contribution in [2.75, 3.05) is 7.11 Å². The van der Waals surface area contributed by atoms with Crippen LogP contribution in [0.5, 0.6) is 11.5 Å². The Balaban J connectivity index is 2.60. The molecule has 1 aromatic rings. The normalized spacial score (nSPS) is 16.4. The molecular weight excluding hydrogens is 236 g/mol. The molecule has 0 radical (unpaired) electrons. The van der Waals surface area contributed by atoms with E-state index in [0.29, 0.717) is 18.4 Å². The van der Waals surface area contributed by atoms with E-state index in [2.05, 4.69) is 6.07 Å². The molecule has 0 unspecified atom stereocenters. The molecule has 0 amide bonds. The first kappa shape index (κ1) is 12.2. The maximum atomic E-state index is 10.9. The SMILES string of the molecule is COc1cc(C2(C#N)CCC2)cc([N+](=O)[O-])c1O. The van der Waals surface area contributed by atoms with Gasteiger partial charge in [-0.25, -0.2) is 0 Å². The van der Waals surface area contributed by atoms with Gasteiger partial charge in [-0.3, -0.25) is 10.1 Å². The zero-order valence-corrected chi connectivity index (χ0v) is 9.84. The Morgan fingerprint density at radius 3 is 2.61 bits per heavy atom. The first-order valence-corrected chi connectivity index (χ1v) is 5.51. The molecule has 0 heterocycles. The van der Waals surface area contributed by atoms with E-state index in [4.69, 9.17) is 4.74 Å². The smallest absolute Gasteiger partial charge is 0.314 e. The van der Waals surface area contributed by atoms with Crippen LogP contribution in [0.1, 0.15) is 24.8 Å². The summed E-state index contributed by atoms with van der Waals surface area (Å²) in [6, 6.07) is 4.98. The molecule has 2 rings (SSSR count). The highest BCUT2D eigenvalue weighted by molar-refractivity contribution is 5.59. The zero-order chi connectivity index (χ0) is 13.3.